The molecule has 1 saturated heterocycles. The molecule has 1 aromatic heterocycles. The Kier molecular flexibility index (Phi) is 6.81. The average molecular weight is 516 g/mol. The Morgan fingerprint density at radius 3 is 2.48 bits per heavy atom. The summed E-state index contributed by atoms with van der Waals surface area (Å²) in [5, 5.41) is 4.07. The van der Waals surface area contributed by atoms with Crippen molar-refractivity contribution in [1.82, 2.24) is 9.29 Å². The van der Waals surface area contributed by atoms with Crippen LogP contribution >= 0.6 is 46.3 Å². The summed E-state index contributed by atoms with van der Waals surface area (Å²) in [4.78, 5) is 18.4. The molecule has 1 N–H and O–H groups in total. The van der Waals surface area contributed by atoms with E-state index in [9.17, 15) is 13.2 Å². The van der Waals surface area contributed by atoms with E-state index in [-0.39, 0.29) is 16.7 Å². The molecule has 31 heavy (non-hydrogen) atoms. The van der Waals surface area contributed by atoms with Gasteiger partial charge in [-0.15, -0.1) is 11.8 Å². The summed E-state index contributed by atoms with van der Waals surface area (Å²) < 4.78 is 28.1. The zero-order valence-corrected chi connectivity index (χ0v) is 20.4. The number of benzene rings is 2. The number of rotatable bonds is 5. The summed E-state index contributed by atoms with van der Waals surface area (Å²) in [5.74, 6) is -0.445. The predicted octanol–water partition coefficient (Wildman–Crippen LogP) is 5.36. The summed E-state index contributed by atoms with van der Waals surface area (Å²) >= 11 is 15.1. The number of thiazole rings is 1. The molecule has 2 aromatic carbocycles. The second kappa shape index (κ2) is 9.25. The highest BCUT2D eigenvalue weighted by Crippen LogP contribution is 2.35. The highest BCUT2D eigenvalue weighted by molar-refractivity contribution is 7.98. The third kappa shape index (κ3) is 4.72. The number of carbonyl (C=O) groups is 1. The van der Waals surface area contributed by atoms with Crippen LogP contribution in [0.3, 0.4) is 0 Å². The van der Waals surface area contributed by atoms with Gasteiger partial charge in [-0.1, -0.05) is 34.5 Å². The van der Waals surface area contributed by atoms with E-state index in [1.165, 1.54) is 15.6 Å². The fraction of sp³-hybridized carbons (Fsp3) is 0.300. The lowest BCUT2D eigenvalue weighted by molar-refractivity contribution is -0.120. The van der Waals surface area contributed by atoms with E-state index in [0.717, 1.165) is 9.60 Å². The Morgan fingerprint density at radius 2 is 1.84 bits per heavy atom. The van der Waals surface area contributed by atoms with Crippen molar-refractivity contribution in [2.45, 2.75) is 22.6 Å². The van der Waals surface area contributed by atoms with Gasteiger partial charge in [0.05, 0.1) is 19.6 Å². The SMILES string of the molecule is CSc1ccc(S(=O)(=O)N2CCC(C(=O)Nc3nc4c(Cl)c(Cl)ccc4s3)CC2)cc1. The number of carbonyl (C=O) groups excluding carboxylic acids is 1. The number of amides is 1. The molecule has 0 unspecified atom stereocenters. The van der Waals surface area contributed by atoms with Crippen molar-refractivity contribution in [2.75, 3.05) is 24.7 Å². The largest absolute Gasteiger partial charge is 0.302 e. The van der Waals surface area contributed by atoms with Gasteiger partial charge < -0.3 is 5.32 Å². The molecule has 164 valence electrons. The van der Waals surface area contributed by atoms with Gasteiger partial charge in [0.1, 0.15) is 5.52 Å². The predicted molar refractivity (Wildman–Crippen MR) is 128 cm³/mol. The quantitative estimate of drug-likeness (QED) is 0.462. The van der Waals surface area contributed by atoms with Crippen molar-refractivity contribution in [3.05, 3.63) is 46.4 Å². The molecule has 1 fully saturated rings. The van der Waals surface area contributed by atoms with Crippen molar-refractivity contribution in [3.8, 4) is 0 Å². The van der Waals surface area contributed by atoms with E-state index >= 15 is 0 Å². The van der Waals surface area contributed by atoms with Crippen molar-refractivity contribution in [3.63, 3.8) is 0 Å². The van der Waals surface area contributed by atoms with Gasteiger partial charge in [-0.05, 0) is 55.5 Å². The van der Waals surface area contributed by atoms with E-state index in [1.807, 2.05) is 12.3 Å². The third-order valence-electron chi connectivity index (χ3n) is 5.20. The number of hydrogen-bond acceptors (Lipinski definition) is 6. The summed E-state index contributed by atoms with van der Waals surface area (Å²) in [5.41, 5.74) is 0.558. The molecule has 1 amide bonds. The lowest BCUT2D eigenvalue weighted by atomic mass is 9.97. The molecule has 0 aliphatic carbocycles. The van der Waals surface area contributed by atoms with Gasteiger partial charge in [0.25, 0.3) is 0 Å². The van der Waals surface area contributed by atoms with Gasteiger partial charge in [0.2, 0.25) is 15.9 Å². The van der Waals surface area contributed by atoms with E-state index in [1.54, 1.807) is 42.1 Å². The lowest BCUT2D eigenvalue weighted by Crippen LogP contribution is -2.41. The summed E-state index contributed by atoms with van der Waals surface area (Å²) in [7, 11) is -3.57. The zero-order chi connectivity index (χ0) is 22.2. The molecular weight excluding hydrogens is 497 g/mol. The molecule has 0 radical (unpaired) electrons. The number of thioether (sulfide) groups is 1. The molecule has 0 saturated carbocycles. The number of fused-ring (bicyclic) bond motifs is 1. The second-order valence-electron chi connectivity index (χ2n) is 7.07. The standard InChI is InChI=1S/C20H19Cl2N3O3S3/c1-29-13-2-4-14(5-3-13)31(27,28)25-10-8-12(9-11-25)19(26)24-20-23-18-16(30-20)7-6-15(21)17(18)22/h2-7,12H,8-11H2,1H3,(H,23,24,26). The van der Waals surface area contributed by atoms with Crippen LogP contribution in [0.5, 0.6) is 0 Å². The van der Waals surface area contributed by atoms with Crippen LogP contribution in [-0.2, 0) is 14.8 Å². The molecule has 11 heteroatoms. The second-order valence-corrected chi connectivity index (χ2v) is 11.7. The van der Waals surface area contributed by atoms with Crippen LogP contribution in [0, 0.1) is 5.92 Å². The van der Waals surface area contributed by atoms with E-state index in [0.29, 0.717) is 46.6 Å². The monoisotopic (exact) mass is 515 g/mol. The number of hydrogen-bond donors (Lipinski definition) is 1. The maximum absolute atomic E-state index is 12.9. The van der Waals surface area contributed by atoms with Gasteiger partial charge >= 0.3 is 0 Å². The van der Waals surface area contributed by atoms with Crippen LogP contribution in [0.2, 0.25) is 10.0 Å². The fourth-order valence-electron chi connectivity index (χ4n) is 3.45. The van der Waals surface area contributed by atoms with E-state index in [4.69, 9.17) is 23.2 Å². The molecule has 1 aliphatic heterocycles. The normalized spacial score (nSPS) is 16.0. The highest BCUT2D eigenvalue weighted by atomic mass is 35.5. The van der Waals surface area contributed by atoms with Gasteiger partial charge in [0.15, 0.2) is 5.13 Å². The number of halogens is 2. The maximum atomic E-state index is 12.9. The van der Waals surface area contributed by atoms with E-state index < -0.39 is 10.0 Å². The molecular formula is C20H19Cl2N3O3S3. The first-order valence-electron chi connectivity index (χ1n) is 9.49. The number of anilines is 1. The Hall–Kier alpha value is -1.36. The van der Waals surface area contributed by atoms with Crippen LogP contribution < -0.4 is 5.32 Å². The van der Waals surface area contributed by atoms with Gasteiger partial charge in [0, 0.05) is 23.9 Å². The molecule has 0 atom stereocenters. The zero-order valence-electron chi connectivity index (χ0n) is 16.5. The van der Waals surface area contributed by atoms with Gasteiger partial charge in [-0.2, -0.15) is 4.31 Å². The summed E-state index contributed by atoms with van der Waals surface area (Å²) in [6.07, 6.45) is 2.84. The lowest BCUT2D eigenvalue weighted by Gasteiger charge is -2.30. The fourth-order valence-corrected chi connectivity index (χ4v) is 6.62. The highest BCUT2D eigenvalue weighted by Gasteiger charge is 2.32. The number of aromatic nitrogens is 1. The smallest absolute Gasteiger partial charge is 0.243 e. The number of sulfonamides is 1. The minimum absolute atomic E-state index is 0.164. The Labute approximate surface area is 199 Å². The molecule has 6 nitrogen and oxygen atoms in total. The van der Waals surface area contributed by atoms with Crippen LogP contribution in [0.4, 0.5) is 5.13 Å². The number of piperidine rings is 1. The summed E-state index contributed by atoms with van der Waals surface area (Å²) in [6, 6.07) is 10.4. The minimum Gasteiger partial charge on any atom is -0.302 e. The molecule has 0 spiro atoms. The van der Waals surface area contributed by atoms with Crippen LogP contribution in [0.15, 0.2) is 46.2 Å². The first-order chi connectivity index (χ1) is 14.8. The van der Waals surface area contributed by atoms with Crippen LogP contribution in [-0.4, -0.2) is 43.0 Å². The molecule has 3 aromatic rings. The van der Waals surface area contributed by atoms with Gasteiger partial charge in [-0.25, -0.2) is 13.4 Å². The van der Waals surface area contributed by atoms with Gasteiger partial charge in [-0.3, -0.25) is 4.79 Å². The Balaban J connectivity index is 1.40. The number of nitrogens with one attached hydrogen (secondary N) is 1. The number of nitrogens with zero attached hydrogens (tertiary/aromatic N) is 2. The van der Waals surface area contributed by atoms with Crippen LogP contribution in [0.1, 0.15) is 12.8 Å². The van der Waals surface area contributed by atoms with Crippen molar-refractivity contribution < 1.29 is 13.2 Å². The Morgan fingerprint density at radius 1 is 1.16 bits per heavy atom. The van der Waals surface area contributed by atoms with Crippen molar-refractivity contribution in [1.29, 1.82) is 0 Å². The average Bonchev–Trinajstić information content (AvgIpc) is 3.19. The molecule has 1 aliphatic rings. The minimum atomic E-state index is -3.57. The van der Waals surface area contributed by atoms with E-state index in [2.05, 4.69) is 10.3 Å². The molecule has 0 bridgehead atoms. The Bertz CT molecular complexity index is 1220. The third-order valence-corrected chi connectivity index (χ3v) is 9.59. The first-order valence-corrected chi connectivity index (χ1v) is 13.7. The molecule has 2 heterocycles. The topological polar surface area (TPSA) is 79.4 Å². The molecule has 4 rings (SSSR count). The van der Waals surface area contributed by atoms with Crippen molar-refractivity contribution in [2.24, 2.45) is 5.92 Å². The van der Waals surface area contributed by atoms with Crippen molar-refractivity contribution >= 4 is 77.6 Å². The van der Waals surface area contributed by atoms with Crippen LogP contribution in [0.25, 0.3) is 10.2 Å². The maximum Gasteiger partial charge on any atom is 0.243 e. The summed E-state index contributed by atoms with van der Waals surface area (Å²) in [6.45, 7) is 0.595. The first kappa shape index (κ1) is 22.8.